The predicted octanol–water partition coefficient (Wildman–Crippen LogP) is -0.282. The lowest BCUT2D eigenvalue weighted by molar-refractivity contribution is 0.0738. The molecule has 10 nitrogen and oxygen atoms in total. The maximum absolute atomic E-state index is 12.6. The molecule has 27 heavy (non-hydrogen) atoms. The number of anilines is 1. The van der Waals surface area contributed by atoms with Crippen LogP contribution in [0.2, 0.25) is 0 Å². The Balaban J connectivity index is 1.44. The van der Waals surface area contributed by atoms with E-state index in [0.29, 0.717) is 32.0 Å². The molecule has 1 aliphatic heterocycles. The van der Waals surface area contributed by atoms with Gasteiger partial charge in [-0.05, 0) is 12.1 Å². The van der Waals surface area contributed by atoms with E-state index in [2.05, 4.69) is 25.1 Å². The van der Waals surface area contributed by atoms with E-state index >= 15 is 0 Å². The molecule has 0 atom stereocenters. The standard InChI is InChI=1S/C17H18N8O2/c1-22-16(26)4-3-13(21-22)17(27)24-9-7-23(8-10-24)14-11-15(19-12-18-14)25-6-2-5-20-25/h2-6,11-12H,7-10H2,1H3. The molecule has 3 aromatic heterocycles. The second-order valence-corrected chi connectivity index (χ2v) is 6.14. The zero-order valence-electron chi connectivity index (χ0n) is 14.8. The molecular formula is C17H18N8O2. The first-order chi connectivity index (χ1) is 13.1. The minimum Gasteiger partial charge on any atom is -0.353 e. The number of piperazine rings is 1. The van der Waals surface area contributed by atoms with E-state index in [9.17, 15) is 9.59 Å². The molecule has 0 saturated carbocycles. The van der Waals surface area contributed by atoms with Crippen molar-refractivity contribution in [2.24, 2.45) is 7.05 Å². The summed E-state index contributed by atoms with van der Waals surface area (Å²) in [5.74, 6) is 1.31. The van der Waals surface area contributed by atoms with E-state index < -0.39 is 0 Å². The first-order valence-electron chi connectivity index (χ1n) is 8.52. The van der Waals surface area contributed by atoms with Crippen LogP contribution >= 0.6 is 0 Å². The highest BCUT2D eigenvalue weighted by molar-refractivity contribution is 5.92. The van der Waals surface area contributed by atoms with Crippen molar-refractivity contribution in [2.45, 2.75) is 0 Å². The molecule has 1 aliphatic rings. The third-order valence-corrected chi connectivity index (χ3v) is 4.45. The Morgan fingerprint density at radius 2 is 1.85 bits per heavy atom. The van der Waals surface area contributed by atoms with Gasteiger partial charge in [-0.3, -0.25) is 9.59 Å². The molecule has 0 aromatic carbocycles. The summed E-state index contributed by atoms with van der Waals surface area (Å²) in [5.41, 5.74) is 0.0293. The topological polar surface area (TPSA) is 102 Å². The number of rotatable bonds is 3. The van der Waals surface area contributed by atoms with Crippen LogP contribution in [0.4, 0.5) is 5.82 Å². The lowest BCUT2D eigenvalue weighted by atomic mass is 10.2. The summed E-state index contributed by atoms with van der Waals surface area (Å²) >= 11 is 0. The van der Waals surface area contributed by atoms with Crippen LogP contribution in [-0.2, 0) is 7.05 Å². The van der Waals surface area contributed by atoms with E-state index in [1.165, 1.54) is 30.2 Å². The Kier molecular flexibility index (Phi) is 4.37. The number of aryl methyl sites for hydroxylation is 1. The van der Waals surface area contributed by atoms with Crippen LogP contribution in [0.1, 0.15) is 10.5 Å². The van der Waals surface area contributed by atoms with Gasteiger partial charge in [0.15, 0.2) is 5.82 Å². The first kappa shape index (κ1) is 16.9. The highest BCUT2D eigenvalue weighted by Gasteiger charge is 2.24. The number of hydrogen-bond donors (Lipinski definition) is 0. The average molecular weight is 366 g/mol. The molecular weight excluding hydrogens is 348 g/mol. The number of hydrogen-bond acceptors (Lipinski definition) is 7. The summed E-state index contributed by atoms with van der Waals surface area (Å²) in [7, 11) is 1.53. The molecule has 3 aromatic rings. The Labute approximate surface area is 154 Å². The largest absolute Gasteiger partial charge is 0.353 e. The second-order valence-electron chi connectivity index (χ2n) is 6.14. The molecule has 0 spiro atoms. The van der Waals surface area contributed by atoms with Crippen molar-refractivity contribution < 1.29 is 4.79 Å². The molecule has 0 radical (unpaired) electrons. The third-order valence-electron chi connectivity index (χ3n) is 4.45. The fourth-order valence-corrected chi connectivity index (χ4v) is 2.96. The number of nitrogens with zero attached hydrogens (tertiary/aromatic N) is 8. The van der Waals surface area contributed by atoms with Crippen molar-refractivity contribution in [3.63, 3.8) is 0 Å². The molecule has 1 amide bonds. The van der Waals surface area contributed by atoms with Gasteiger partial charge in [-0.1, -0.05) is 0 Å². The maximum atomic E-state index is 12.6. The van der Waals surface area contributed by atoms with Gasteiger partial charge < -0.3 is 9.80 Å². The lowest BCUT2D eigenvalue weighted by Crippen LogP contribution is -2.49. The Hall–Kier alpha value is -3.56. The number of amides is 1. The highest BCUT2D eigenvalue weighted by atomic mass is 16.2. The summed E-state index contributed by atoms with van der Waals surface area (Å²) in [6.45, 7) is 2.38. The Morgan fingerprint density at radius 1 is 1.07 bits per heavy atom. The predicted molar refractivity (Wildman–Crippen MR) is 96.7 cm³/mol. The summed E-state index contributed by atoms with van der Waals surface area (Å²) in [4.78, 5) is 36.5. The van der Waals surface area contributed by atoms with Gasteiger partial charge in [0.1, 0.15) is 17.8 Å². The summed E-state index contributed by atoms with van der Waals surface area (Å²) in [6, 6.07) is 6.53. The smallest absolute Gasteiger partial charge is 0.274 e. The SMILES string of the molecule is Cn1nc(C(=O)N2CCN(c3cc(-n4cccn4)ncn3)CC2)ccc1=O. The van der Waals surface area contributed by atoms with Gasteiger partial charge in [-0.15, -0.1) is 0 Å². The van der Waals surface area contributed by atoms with Gasteiger partial charge in [-0.25, -0.2) is 19.3 Å². The molecule has 138 valence electrons. The molecule has 0 unspecified atom stereocenters. The molecule has 0 bridgehead atoms. The quantitative estimate of drug-likeness (QED) is 0.628. The monoisotopic (exact) mass is 366 g/mol. The van der Waals surface area contributed by atoms with Gasteiger partial charge in [0.05, 0.1) is 0 Å². The molecule has 1 fully saturated rings. The fourth-order valence-electron chi connectivity index (χ4n) is 2.96. The van der Waals surface area contributed by atoms with Crippen LogP contribution in [0.5, 0.6) is 0 Å². The van der Waals surface area contributed by atoms with Crippen molar-refractivity contribution in [3.8, 4) is 5.82 Å². The van der Waals surface area contributed by atoms with E-state index in [1.807, 2.05) is 18.3 Å². The lowest BCUT2D eigenvalue weighted by Gasteiger charge is -2.35. The van der Waals surface area contributed by atoms with E-state index in [4.69, 9.17) is 0 Å². The molecule has 4 rings (SSSR count). The fraction of sp³-hybridized carbons (Fsp3) is 0.294. The highest BCUT2D eigenvalue weighted by Crippen LogP contribution is 2.16. The van der Waals surface area contributed by atoms with Gasteiger partial charge in [0, 0.05) is 57.8 Å². The van der Waals surface area contributed by atoms with Gasteiger partial charge >= 0.3 is 0 Å². The van der Waals surface area contributed by atoms with Crippen LogP contribution in [0.25, 0.3) is 5.82 Å². The van der Waals surface area contributed by atoms with E-state index in [0.717, 1.165) is 5.82 Å². The number of aromatic nitrogens is 6. The van der Waals surface area contributed by atoms with Gasteiger partial charge in [0.2, 0.25) is 0 Å². The van der Waals surface area contributed by atoms with Crippen LogP contribution in [-0.4, -0.2) is 66.5 Å². The summed E-state index contributed by atoms with van der Waals surface area (Å²) < 4.78 is 2.84. The van der Waals surface area contributed by atoms with E-state index in [-0.39, 0.29) is 17.2 Å². The first-order valence-corrected chi connectivity index (χ1v) is 8.52. The number of carbonyl (C=O) groups excluding carboxylic acids is 1. The van der Waals surface area contributed by atoms with Crippen molar-refractivity contribution in [3.05, 3.63) is 59.0 Å². The van der Waals surface area contributed by atoms with Gasteiger partial charge in [-0.2, -0.15) is 10.2 Å². The summed E-state index contributed by atoms with van der Waals surface area (Å²) in [5, 5.41) is 8.21. The van der Waals surface area contributed by atoms with Crippen molar-refractivity contribution in [1.29, 1.82) is 0 Å². The minimum absolute atomic E-state index is 0.176. The van der Waals surface area contributed by atoms with E-state index in [1.54, 1.807) is 15.8 Å². The Morgan fingerprint density at radius 3 is 2.56 bits per heavy atom. The van der Waals surface area contributed by atoms with Crippen molar-refractivity contribution >= 4 is 11.7 Å². The van der Waals surface area contributed by atoms with Crippen LogP contribution in [0.15, 0.2) is 47.8 Å². The zero-order chi connectivity index (χ0) is 18.8. The maximum Gasteiger partial charge on any atom is 0.274 e. The normalized spacial score (nSPS) is 14.4. The molecule has 10 heteroatoms. The van der Waals surface area contributed by atoms with Gasteiger partial charge in [0.25, 0.3) is 11.5 Å². The van der Waals surface area contributed by atoms with Crippen LogP contribution in [0, 0.1) is 0 Å². The number of carbonyl (C=O) groups is 1. The molecule has 1 saturated heterocycles. The molecule has 0 N–H and O–H groups in total. The van der Waals surface area contributed by atoms with Crippen LogP contribution < -0.4 is 10.5 Å². The Bertz CT molecular complexity index is 1010. The minimum atomic E-state index is -0.242. The zero-order valence-corrected chi connectivity index (χ0v) is 14.8. The van der Waals surface area contributed by atoms with Crippen molar-refractivity contribution in [1.82, 2.24) is 34.4 Å². The summed E-state index contributed by atoms with van der Waals surface area (Å²) in [6.07, 6.45) is 5.03. The molecule has 0 aliphatic carbocycles. The van der Waals surface area contributed by atoms with Crippen LogP contribution in [0.3, 0.4) is 0 Å². The molecule has 4 heterocycles. The second kappa shape index (κ2) is 6.98. The van der Waals surface area contributed by atoms with Crippen molar-refractivity contribution in [2.75, 3.05) is 31.1 Å². The average Bonchev–Trinajstić information content (AvgIpc) is 3.25. The third kappa shape index (κ3) is 3.41.